The molecule has 0 aromatic heterocycles. The maximum absolute atomic E-state index is 12.5. The molecule has 0 atom stereocenters. The number of amides is 1. The summed E-state index contributed by atoms with van der Waals surface area (Å²) in [5.41, 5.74) is -0.106. The molecule has 0 bridgehead atoms. The fourth-order valence-electron chi connectivity index (χ4n) is 3.67. The highest BCUT2D eigenvalue weighted by molar-refractivity contribution is 5.79. The van der Waals surface area contributed by atoms with Gasteiger partial charge in [-0.1, -0.05) is 20.8 Å². The summed E-state index contributed by atoms with van der Waals surface area (Å²) in [5.74, 6) is 0.976. The summed E-state index contributed by atoms with van der Waals surface area (Å²) in [7, 11) is 0. The van der Waals surface area contributed by atoms with Crippen LogP contribution in [-0.4, -0.2) is 36.4 Å². The highest BCUT2D eigenvalue weighted by atomic mass is 16.5. The fraction of sp³-hybridized carbons (Fsp3) is 0.941. The topological polar surface area (TPSA) is 58.6 Å². The summed E-state index contributed by atoms with van der Waals surface area (Å²) in [4.78, 5) is 12.5. The lowest BCUT2D eigenvalue weighted by Gasteiger charge is -2.40. The van der Waals surface area contributed by atoms with Crippen LogP contribution >= 0.6 is 0 Å². The van der Waals surface area contributed by atoms with Crippen molar-refractivity contribution in [3.63, 3.8) is 0 Å². The number of hydrogen-bond acceptors (Lipinski definition) is 3. The van der Waals surface area contributed by atoms with Gasteiger partial charge >= 0.3 is 0 Å². The number of ether oxygens (including phenoxy) is 1. The molecule has 1 aliphatic heterocycles. The van der Waals surface area contributed by atoms with Crippen LogP contribution in [0, 0.1) is 17.3 Å². The number of rotatable bonds is 3. The molecule has 0 aromatic carbocycles. The van der Waals surface area contributed by atoms with Crippen LogP contribution in [0.25, 0.3) is 0 Å². The van der Waals surface area contributed by atoms with E-state index in [1.807, 2.05) is 0 Å². The number of carbonyl (C=O) groups excluding carboxylic acids is 1. The Kier molecular flexibility index (Phi) is 5.31. The molecular formula is C17H31NO3. The van der Waals surface area contributed by atoms with Gasteiger partial charge in [-0.25, -0.2) is 0 Å². The van der Waals surface area contributed by atoms with Gasteiger partial charge < -0.3 is 15.2 Å². The normalized spacial score (nSPS) is 29.9. The van der Waals surface area contributed by atoms with Crippen LogP contribution in [-0.2, 0) is 9.53 Å². The molecule has 2 fully saturated rings. The molecule has 1 aliphatic carbocycles. The van der Waals surface area contributed by atoms with Crippen LogP contribution in [0.4, 0.5) is 0 Å². The Bertz CT molecular complexity index is 348. The molecule has 0 aromatic rings. The third-order valence-electron chi connectivity index (χ3n) is 5.46. The van der Waals surface area contributed by atoms with E-state index in [-0.39, 0.29) is 18.4 Å². The first-order valence-corrected chi connectivity index (χ1v) is 8.37. The van der Waals surface area contributed by atoms with Gasteiger partial charge in [-0.3, -0.25) is 4.79 Å². The molecule has 4 heteroatoms. The lowest BCUT2D eigenvalue weighted by molar-refractivity contribution is -0.130. The summed E-state index contributed by atoms with van der Waals surface area (Å²) in [5, 5.41) is 12.8. The summed E-state index contributed by atoms with van der Waals surface area (Å²) in [6.07, 6.45) is 5.66. The Balaban J connectivity index is 1.87. The summed E-state index contributed by atoms with van der Waals surface area (Å²) in [6, 6.07) is 0. The molecular weight excluding hydrogens is 266 g/mol. The molecule has 1 amide bonds. The van der Waals surface area contributed by atoms with Gasteiger partial charge in [0.2, 0.25) is 5.91 Å². The monoisotopic (exact) mass is 297 g/mol. The van der Waals surface area contributed by atoms with E-state index in [0.29, 0.717) is 31.5 Å². The van der Waals surface area contributed by atoms with Crippen LogP contribution in [0.5, 0.6) is 0 Å². The second kappa shape index (κ2) is 6.66. The zero-order valence-corrected chi connectivity index (χ0v) is 13.8. The summed E-state index contributed by atoms with van der Waals surface area (Å²) in [6.45, 7) is 8.14. The lowest BCUT2D eigenvalue weighted by atomic mass is 9.69. The first-order chi connectivity index (χ1) is 9.86. The van der Waals surface area contributed by atoms with Crippen LogP contribution < -0.4 is 5.32 Å². The largest absolute Gasteiger partial charge is 0.394 e. The second-order valence-electron chi connectivity index (χ2n) is 7.95. The maximum Gasteiger partial charge on any atom is 0.223 e. The minimum atomic E-state index is -0.448. The third kappa shape index (κ3) is 4.19. The highest BCUT2D eigenvalue weighted by Gasteiger charge is 2.37. The molecule has 122 valence electrons. The maximum atomic E-state index is 12.5. The number of hydrogen-bond donors (Lipinski definition) is 2. The van der Waals surface area contributed by atoms with Crippen LogP contribution in [0.1, 0.15) is 59.3 Å². The smallest absolute Gasteiger partial charge is 0.223 e. The molecule has 0 spiro atoms. The van der Waals surface area contributed by atoms with Gasteiger partial charge in [-0.15, -0.1) is 0 Å². The van der Waals surface area contributed by atoms with E-state index in [9.17, 15) is 9.90 Å². The lowest BCUT2D eigenvalue weighted by Crippen LogP contribution is -2.56. The van der Waals surface area contributed by atoms with Crippen molar-refractivity contribution in [3.05, 3.63) is 0 Å². The van der Waals surface area contributed by atoms with Gasteiger partial charge in [-0.05, 0) is 49.9 Å². The van der Waals surface area contributed by atoms with E-state index in [4.69, 9.17) is 4.74 Å². The van der Waals surface area contributed by atoms with Gasteiger partial charge in [0, 0.05) is 19.1 Å². The van der Waals surface area contributed by atoms with Crippen molar-refractivity contribution < 1.29 is 14.6 Å². The van der Waals surface area contributed by atoms with Crippen LogP contribution in [0.3, 0.4) is 0 Å². The standard InChI is InChI=1S/C17H31NO3/c1-16(2,3)14-6-4-13(5-7-14)15(20)18-17(12-19)8-10-21-11-9-17/h13-14,19H,4-12H2,1-3H3,(H,18,20). The summed E-state index contributed by atoms with van der Waals surface area (Å²) >= 11 is 0. The number of aliphatic hydroxyl groups is 1. The second-order valence-corrected chi connectivity index (χ2v) is 7.95. The van der Waals surface area contributed by atoms with Gasteiger partial charge in [-0.2, -0.15) is 0 Å². The van der Waals surface area contributed by atoms with Crippen molar-refractivity contribution >= 4 is 5.91 Å². The summed E-state index contributed by atoms with van der Waals surface area (Å²) < 4.78 is 5.34. The number of carbonyl (C=O) groups is 1. The van der Waals surface area contributed by atoms with Crippen molar-refractivity contribution in [2.24, 2.45) is 17.3 Å². The first-order valence-electron chi connectivity index (χ1n) is 8.37. The molecule has 1 heterocycles. The minimum absolute atomic E-state index is 0.0133. The minimum Gasteiger partial charge on any atom is -0.394 e. The highest BCUT2D eigenvalue weighted by Crippen LogP contribution is 2.40. The third-order valence-corrected chi connectivity index (χ3v) is 5.46. The van der Waals surface area contributed by atoms with Crippen molar-refractivity contribution in [2.75, 3.05) is 19.8 Å². The molecule has 1 saturated carbocycles. The van der Waals surface area contributed by atoms with E-state index in [0.717, 1.165) is 31.6 Å². The van der Waals surface area contributed by atoms with E-state index in [1.54, 1.807) is 0 Å². The van der Waals surface area contributed by atoms with Gasteiger partial charge in [0.1, 0.15) is 0 Å². The zero-order valence-electron chi connectivity index (χ0n) is 13.8. The van der Waals surface area contributed by atoms with E-state index < -0.39 is 5.54 Å². The average Bonchev–Trinajstić information content (AvgIpc) is 2.47. The van der Waals surface area contributed by atoms with Gasteiger partial charge in [0.15, 0.2) is 0 Å². The van der Waals surface area contributed by atoms with Crippen LogP contribution in [0.15, 0.2) is 0 Å². The Morgan fingerprint density at radius 1 is 1.19 bits per heavy atom. The zero-order chi connectivity index (χ0) is 15.5. The Morgan fingerprint density at radius 3 is 2.24 bits per heavy atom. The van der Waals surface area contributed by atoms with Crippen molar-refractivity contribution in [1.82, 2.24) is 5.32 Å². The number of nitrogens with one attached hydrogen (secondary N) is 1. The molecule has 2 N–H and O–H groups in total. The molecule has 4 nitrogen and oxygen atoms in total. The van der Waals surface area contributed by atoms with Crippen molar-refractivity contribution in [1.29, 1.82) is 0 Å². The first kappa shape index (κ1) is 16.8. The van der Waals surface area contributed by atoms with Gasteiger partial charge in [0.25, 0.3) is 0 Å². The molecule has 2 aliphatic rings. The molecule has 21 heavy (non-hydrogen) atoms. The Labute approximate surface area is 128 Å². The van der Waals surface area contributed by atoms with Crippen molar-refractivity contribution in [2.45, 2.75) is 64.8 Å². The Morgan fingerprint density at radius 2 is 1.76 bits per heavy atom. The van der Waals surface area contributed by atoms with E-state index in [1.165, 1.54) is 0 Å². The number of aliphatic hydroxyl groups excluding tert-OH is 1. The average molecular weight is 297 g/mol. The van der Waals surface area contributed by atoms with Crippen molar-refractivity contribution in [3.8, 4) is 0 Å². The molecule has 1 saturated heterocycles. The quantitative estimate of drug-likeness (QED) is 0.841. The fourth-order valence-corrected chi connectivity index (χ4v) is 3.67. The molecule has 0 radical (unpaired) electrons. The van der Waals surface area contributed by atoms with Crippen LogP contribution in [0.2, 0.25) is 0 Å². The SMILES string of the molecule is CC(C)(C)C1CCC(C(=O)NC2(CO)CCOCC2)CC1. The van der Waals surface area contributed by atoms with E-state index >= 15 is 0 Å². The predicted octanol–water partition coefficient (Wildman–Crippen LogP) is 2.50. The Hall–Kier alpha value is -0.610. The predicted molar refractivity (Wildman–Crippen MR) is 82.9 cm³/mol. The molecule has 0 unspecified atom stereocenters. The van der Waals surface area contributed by atoms with E-state index in [2.05, 4.69) is 26.1 Å². The molecule has 2 rings (SSSR count). The van der Waals surface area contributed by atoms with Gasteiger partial charge in [0.05, 0.1) is 12.1 Å².